The van der Waals surface area contributed by atoms with E-state index in [1.807, 2.05) is 0 Å². The first-order valence-corrected chi connectivity index (χ1v) is 4.51. The van der Waals surface area contributed by atoms with E-state index in [0.29, 0.717) is 11.5 Å². The molecule has 0 N–H and O–H groups in total. The molecule has 3 nitrogen and oxygen atoms in total. The lowest BCUT2D eigenvalue weighted by Crippen LogP contribution is -2.00. The van der Waals surface area contributed by atoms with Crippen molar-refractivity contribution in [2.75, 3.05) is 13.7 Å². The topological polar surface area (TPSA) is 38.7 Å². The van der Waals surface area contributed by atoms with Crippen LogP contribution in [0.15, 0.2) is 29.3 Å². The minimum Gasteiger partial charge on any atom is -0.465 e. The van der Waals surface area contributed by atoms with E-state index in [0.717, 1.165) is 6.54 Å². The fourth-order valence-electron chi connectivity index (χ4n) is 0.691. The highest BCUT2D eigenvalue weighted by molar-refractivity contribution is 5.91. The lowest BCUT2D eigenvalue weighted by atomic mass is 10.2. The number of hydrogen-bond acceptors (Lipinski definition) is 3. The second kappa shape index (κ2) is 7.06. The van der Waals surface area contributed by atoms with Gasteiger partial charge >= 0.3 is 5.97 Å². The van der Waals surface area contributed by atoms with Crippen LogP contribution in [0.2, 0.25) is 0 Å². The van der Waals surface area contributed by atoms with Crippen LogP contribution in [0.5, 0.6) is 0 Å². The van der Waals surface area contributed by atoms with Crippen molar-refractivity contribution in [3.05, 3.63) is 24.3 Å². The van der Waals surface area contributed by atoms with Crippen molar-refractivity contribution in [3.8, 4) is 0 Å². The van der Waals surface area contributed by atoms with E-state index >= 15 is 0 Å². The Morgan fingerprint density at radius 1 is 1.57 bits per heavy atom. The Kier molecular flexibility index (Phi) is 6.37. The molecule has 0 unspecified atom stereocenters. The first kappa shape index (κ1) is 12.6. The van der Waals surface area contributed by atoms with Crippen LogP contribution in [0, 0.1) is 5.92 Å². The lowest BCUT2D eigenvalue weighted by molar-refractivity contribution is -0.135. The van der Waals surface area contributed by atoms with Crippen LogP contribution in [0.3, 0.4) is 0 Å². The molecule has 0 aliphatic rings. The average Bonchev–Trinajstić information content (AvgIpc) is 2.15. The van der Waals surface area contributed by atoms with Crippen molar-refractivity contribution < 1.29 is 9.53 Å². The number of hydrogen-bond donors (Lipinski definition) is 0. The highest BCUT2D eigenvalue weighted by atomic mass is 16.5. The maximum Gasteiger partial charge on any atom is 0.337 e. The van der Waals surface area contributed by atoms with Gasteiger partial charge in [-0.05, 0) is 18.1 Å². The Morgan fingerprint density at radius 3 is 2.71 bits per heavy atom. The van der Waals surface area contributed by atoms with Crippen LogP contribution in [-0.2, 0) is 9.53 Å². The van der Waals surface area contributed by atoms with E-state index < -0.39 is 5.97 Å². The minimum absolute atomic E-state index is 0.323. The molecule has 0 aliphatic carbocycles. The summed E-state index contributed by atoms with van der Waals surface area (Å²) in [5.41, 5.74) is 0.323. The van der Waals surface area contributed by atoms with Gasteiger partial charge in [-0.25, -0.2) is 4.79 Å². The highest BCUT2D eigenvalue weighted by Crippen LogP contribution is 1.95. The number of rotatable bonds is 5. The van der Waals surface area contributed by atoms with Crippen molar-refractivity contribution >= 4 is 12.2 Å². The van der Waals surface area contributed by atoms with E-state index in [-0.39, 0.29) is 0 Å². The summed E-state index contributed by atoms with van der Waals surface area (Å²) >= 11 is 0. The third-order valence-electron chi connectivity index (χ3n) is 1.41. The molecule has 0 bridgehead atoms. The molecule has 0 rings (SSSR count). The van der Waals surface area contributed by atoms with Gasteiger partial charge in [-0.15, -0.1) is 0 Å². The summed E-state index contributed by atoms with van der Waals surface area (Å²) in [5, 5.41) is 0. The largest absolute Gasteiger partial charge is 0.465 e. The van der Waals surface area contributed by atoms with Crippen LogP contribution in [-0.4, -0.2) is 25.8 Å². The molecule has 0 saturated carbocycles. The van der Waals surface area contributed by atoms with Gasteiger partial charge in [0.2, 0.25) is 0 Å². The van der Waals surface area contributed by atoms with Gasteiger partial charge in [0.1, 0.15) is 0 Å². The SMILES string of the molecule is C=C(/C=C\C=NCC(C)C)C(=O)OC. The van der Waals surface area contributed by atoms with Gasteiger partial charge in [0.05, 0.1) is 12.7 Å². The van der Waals surface area contributed by atoms with Gasteiger partial charge in [0.25, 0.3) is 0 Å². The summed E-state index contributed by atoms with van der Waals surface area (Å²) in [5.74, 6) is 0.127. The van der Waals surface area contributed by atoms with Gasteiger partial charge in [-0.3, -0.25) is 4.99 Å². The number of nitrogens with zero attached hydrogens (tertiary/aromatic N) is 1. The summed E-state index contributed by atoms with van der Waals surface area (Å²) in [4.78, 5) is 15.0. The van der Waals surface area contributed by atoms with Crippen LogP contribution in [0.4, 0.5) is 0 Å². The maximum absolute atomic E-state index is 10.9. The Morgan fingerprint density at radius 2 is 2.21 bits per heavy atom. The zero-order valence-corrected chi connectivity index (χ0v) is 8.99. The number of carbonyl (C=O) groups is 1. The number of ether oxygens (including phenoxy) is 1. The third-order valence-corrected chi connectivity index (χ3v) is 1.41. The van der Waals surface area contributed by atoms with Gasteiger partial charge in [0, 0.05) is 12.8 Å². The fourth-order valence-corrected chi connectivity index (χ4v) is 0.691. The number of allylic oxidation sites excluding steroid dienone is 1. The van der Waals surface area contributed by atoms with Crippen molar-refractivity contribution in [1.29, 1.82) is 0 Å². The van der Waals surface area contributed by atoms with E-state index in [2.05, 4.69) is 30.2 Å². The second-order valence-corrected chi connectivity index (χ2v) is 3.28. The number of carbonyl (C=O) groups excluding carboxylic acids is 1. The molecule has 0 aliphatic heterocycles. The van der Waals surface area contributed by atoms with Crippen LogP contribution in [0.25, 0.3) is 0 Å². The quantitative estimate of drug-likeness (QED) is 0.291. The average molecular weight is 195 g/mol. The zero-order chi connectivity index (χ0) is 11.0. The molecule has 0 aromatic carbocycles. The summed E-state index contributed by atoms with van der Waals surface area (Å²) in [6.45, 7) is 8.51. The summed E-state index contributed by atoms with van der Waals surface area (Å²) < 4.78 is 4.47. The minimum atomic E-state index is -0.418. The zero-order valence-electron chi connectivity index (χ0n) is 8.99. The van der Waals surface area contributed by atoms with Crippen LogP contribution < -0.4 is 0 Å². The fraction of sp³-hybridized carbons (Fsp3) is 0.455. The standard InChI is InChI=1S/C11H17NO2/c1-9(2)8-12-7-5-6-10(3)11(13)14-4/h5-7,9H,3,8H2,1-2,4H3/b6-5-,12-7?. The van der Waals surface area contributed by atoms with Crippen molar-refractivity contribution in [3.63, 3.8) is 0 Å². The van der Waals surface area contributed by atoms with E-state index in [1.54, 1.807) is 18.4 Å². The first-order valence-electron chi connectivity index (χ1n) is 4.51. The molecule has 78 valence electrons. The lowest BCUT2D eigenvalue weighted by Gasteiger charge is -1.96. The van der Waals surface area contributed by atoms with E-state index in [9.17, 15) is 4.79 Å². The normalized spacial score (nSPS) is 11.4. The molecular formula is C11H17NO2. The van der Waals surface area contributed by atoms with Gasteiger partial charge in [-0.1, -0.05) is 20.4 Å². The monoisotopic (exact) mass is 195 g/mol. The third kappa shape index (κ3) is 6.17. The predicted octanol–water partition coefficient (Wildman–Crippen LogP) is 2.00. The molecule has 0 spiro atoms. The summed E-state index contributed by atoms with van der Waals surface area (Å²) in [6.07, 6.45) is 4.92. The van der Waals surface area contributed by atoms with Crippen molar-refractivity contribution in [2.45, 2.75) is 13.8 Å². The highest BCUT2D eigenvalue weighted by Gasteiger charge is 1.99. The molecule has 14 heavy (non-hydrogen) atoms. The second-order valence-electron chi connectivity index (χ2n) is 3.28. The van der Waals surface area contributed by atoms with Crippen molar-refractivity contribution in [2.24, 2.45) is 10.9 Å². The maximum atomic E-state index is 10.9. The molecular weight excluding hydrogens is 178 g/mol. The predicted molar refractivity (Wildman–Crippen MR) is 58.5 cm³/mol. The van der Waals surface area contributed by atoms with Gasteiger partial charge in [-0.2, -0.15) is 0 Å². The van der Waals surface area contributed by atoms with E-state index in [4.69, 9.17) is 0 Å². The number of methoxy groups -OCH3 is 1. The summed E-state index contributed by atoms with van der Waals surface area (Å²) in [6, 6.07) is 0. The Bertz CT molecular complexity index is 252. The van der Waals surface area contributed by atoms with Crippen LogP contribution in [0.1, 0.15) is 13.8 Å². The van der Waals surface area contributed by atoms with E-state index in [1.165, 1.54) is 7.11 Å². The molecule has 0 fully saturated rings. The molecule has 0 aromatic heterocycles. The molecule has 3 heteroatoms. The smallest absolute Gasteiger partial charge is 0.337 e. The Labute approximate surface area is 85.2 Å². The molecule has 0 radical (unpaired) electrons. The molecule has 0 aromatic rings. The van der Waals surface area contributed by atoms with Gasteiger partial charge < -0.3 is 4.74 Å². The molecule has 0 heterocycles. The number of aliphatic imine (C=N–C) groups is 1. The van der Waals surface area contributed by atoms with Crippen LogP contribution >= 0.6 is 0 Å². The van der Waals surface area contributed by atoms with Crippen molar-refractivity contribution in [1.82, 2.24) is 0 Å². The Balaban J connectivity index is 3.88. The Hall–Kier alpha value is -1.38. The van der Waals surface area contributed by atoms with Gasteiger partial charge in [0.15, 0.2) is 0 Å². The first-order chi connectivity index (χ1) is 6.57. The summed E-state index contributed by atoms with van der Waals surface area (Å²) in [7, 11) is 1.33. The molecule has 0 atom stereocenters. The molecule has 0 saturated heterocycles. The number of esters is 1. The molecule has 0 amide bonds.